The van der Waals surface area contributed by atoms with E-state index in [0.29, 0.717) is 27.7 Å². The Morgan fingerprint density at radius 1 is 1.43 bits per heavy atom. The molecule has 1 aliphatic rings. The minimum absolute atomic E-state index is 0.0302. The zero-order valence-corrected chi connectivity index (χ0v) is 18.6. The fraction of sp³-hybridized carbons (Fsp3) is 0.524. The van der Waals surface area contributed by atoms with Crippen molar-refractivity contribution in [3.05, 3.63) is 44.2 Å². The van der Waals surface area contributed by atoms with Gasteiger partial charge >= 0.3 is 0 Å². The largest absolute Gasteiger partial charge is 0.496 e. The Labute approximate surface area is 175 Å². The fourth-order valence-electron chi connectivity index (χ4n) is 3.47. The van der Waals surface area contributed by atoms with E-state index >= 15 is 0 Å². The molecule has 3 rings (SSSR count). The molecular formula is C21H27ClN2O3S. The highest BCUT2D eigenvalue weighted by Gasteiger charge is 2.25. The van der Waals surface area contributed by atoms with Gasteiger partial charge in [0.25, 0.3) is 5.91 Å². The Hall–Kier alpha value is -1.63. The molecule has 2 heterocycles. The number of nitrogens with zero attached hydrogens (tertiary/aromatic N) is 2. The summed E-state index contributed by atoms with van der Waals surface area (Å²) in [5, 5.41) is 0.476. The molecule has 1 saturated heterocycles. The van der Waals surface area contributed by atoms with E-state index in [4.69, 9.17) is 21.1 Å². The van der Waals surface area contributed by atoms with Crippen molar-refractivity contribution in [1.82, 2.24) is 4.57 Å². The molecule has 28 heavy (non-hydrogen) atoms. The minimum atomic E-state index is -0.359. The highest BCUT2D eigenvalue weighted by Crippen LogP contribution is 2.29. The minimum Gasteiger partial charge on any atom is -0.496 e. The number of hydrogen-bond donors (Lipinski definition) is 0. The third-order valence-electron chi connectivity index (χ3n) is 4.84. The van der Waals surface area contributed by atoms with Crippen molar-refractivity contribution in [2.24, 2.45) is 4.99 Å². The van der Waals surface area contributed by atoms with Crippen LogP contribution in [0.2, 0.25) is 5.02 Å². The van der Waals surface area contributed by atoms with E-state index in [1.54, 1.807) is 29.5 Å². The van der Waals surface area contributed by atoms with Gasteiger partial charge in [-0.05, 0) is 43.4 Å². The van der Waals surface area contributed by atoms with Crippen LogP contribution in [-0.2, 0) is 16.7 Å². The molecule has 152 valence electrons. The summed E-state index contributed by atoms with van der Waals surface area (Å²) in [6, 6.07) is 4.98. The standard InChI is InChI=1S/C21H27ClN2O3S/c1-13-18(21(2,3)4)28-20(24(13)12-15-7-6-10-27-15)23-19(25)16-11-14(22)8-9-17(16)26-5/h8-9,11,15H,6-7,10,12H2,1-5H3/b23-20-/t15-/m1/s1. The van der Waals surface area contributed by atoms with Crippen LogP contribution >= 0.6 is 22.9 Å². The van der Waals surface area contributed by atoms with Crippen molar-refractivity contribution < 1.29 is 14.3 Å². The summed E-state index contributed by atoms with van der Waals surface area (Å²) in [5.74, 6) is 0.107. The van der Waals surface area contributed by atoms with Gasteiger partial charge in [0, 0.05) is 22.2 Å². The van der Waals surface area contributed by atoms with Gasteiger partial charge in [-0.3, -0.25) is 4.79 Å². The van der Waals surface area contributed by atoms with Crippen molar-refractivity contribution in [3.63, 3.8) is 0 Å². The van der Waals surface area contributed by atoms with E-state index in [2.05, 4.69) is 37.3 Å². The maximum absolute atomic E-state index is 13.0. The SMILES string of the molecule is COc1ccc(Cl)cc1C(=O)/N=c1\sc(C(C)(C)C)c(C)n1C[C@H]1CCCO1. The Balaban J connectivity index is 2.08. The molecule has 5 nitrogen and oxygen atoms in total. The molecule has 0 N–H and O–H groups in total. The first-order chi connectivity index (χ1) is 13.2. The summed E-state index contributed by atoms with van der Waals surface area (Å²) in [7, 11) is 1.53. The predicted octanol–water partition coefficient (Wildman–Crippen LogP) is 4.74. The van der Waals surface area contributed by atoms with Crippen molar-refractivity contribution in [1.29, 1.82) is 0 Å². The van der Waals surface area contributed by atoms with Gasteiger partial charge in [-0.1, -0.05) is 32.4 Å². The molecular weight excluding hydrogens is 396 g/mol. The van der Waals surface area contributed by atoms with Gasteiger partial charge in [-0.2, -0.15) is 4.99 Å². The van der Waals surface area contributed by atoms with Crippen LogP contribution < -0.4 is 9.54 Å². The van der Waals surface area contributed by atoms with E-state index in [9.17, 15) is 4.79 Å². The lowest BCUT2D eigenvalue weighted by molar-refractivity contribution is 0.0944. The number of carbonyl (C=O) groups is 1. The van der Waals surface area contributed by atoms with Gasteiger partial charge in [0.05, 0.1) is 25.3 Å². The van der Waals surface area contributed by atoms with Crippen molar-refractivity contribution >= 4 is 28.8 Å². The van der Waals surface area contributed by atoms with E-state index in [1.807, 2.05) is 0 Å². The molecule has 0 bridgehead atoms. The molecule has 0 aliphatic carbocycles. The molecule has 0 saturated carbocycles. The molecule has 0 unspecified atom stereocenters. The summed E-state index contributed by atoms with van der Waals surface area (Å²) in [4.78, 5) is 19.3. The second-order valence-corrected chi connectivity index (χ2v) is 9.47. The Kier molecular flexibility index (Phi) is 6.32. The van der Waals surface area contributed by atoms with Crippen LogP contribution in [0.25, 0.3) is 0 Å². The lowest BCUT2D eigenvalue weighted by Crippen LogP contribution is -2.25. The number of amides is 1. The molecule has 1 fully saturated rings. The van der Waals surface area contributed by atoms with Gasteiger partial charge in [0.15, 0.2) is 4.80 Å². The second-order valence-electron chi connectivity index (χ2n) is 8.06. The summed E-state index contributed by atoms with van der Waals surface area (Å²) in [6.07, 6.45) is 2.27. The maximum atomic E-state index is 13.0. The van der Waals surface area contributed by atoms with Crippen LogP contribution in [0.5, 0.6) is 5.75 Å². The monoisotopic (exact) mass is 422 g/mol. The Morgan fingerprint density at radius 2 is 2.18 bits per heavy atom. The first-order valence-electron chi connectivity index (χ1n) is 9.45. The van der Waals surface area contributed by atoms with Gasteiger partial charge in [-0.15, -0.1) is 11.3 Å². The quantitative estimate of drug-likeness (QED) is 0.715. The molecule has 2 aromatic rings. The van der Waals surface area contributed by atoms with Crippen LogP contribution in [0.3, 0.4) is 0 Å². The third kappa shape index (κ3) is 4.50. The first-order valence-corrected chi connectivity index (χ1v) is 10.6. The normalized spacial score (nSPS) is 17.9. The van der Waals surface area contributed by atoms with Crippen molar-refractivity contribution in [3.8, 4) is 5.75 Å². The van der Waals surface area contributed by atoms with Crippen LogP contribution in [0.4, 0.5) is 0 Å². The number of hydrogen-bond acceptors (Lipinski definition) is 4. The molecule has 0 spiro atoms. The topological polar surface area (TPSA) is 52.8 Å². The Morgan fingerprint density at radius 3 is 2.79 bits per heavy atom. The number of aromatic nitrogens is 1. The number of methoxy groups -OCH3 is 1. The van der Waals surface area contributed by atoms with Gasteiger partial charge < -0.3 is 14.0 Å². The summed E-state index contributed by atoms with van der Waals surface area (Å²) >= 11 is 7.65. The average molecular weight is 423 g/mol. The molecule has 1 atom stereocenters. The maximum Gasteiger partial charge on any atom is 0.283 e. The zero-order chi connectivity index (χ0) is 20.5. The Bertz CT molecular complexity index is 934. The van der Waals surface area contributed by atoms with Crippen LogP contribution in [-0.4, -0.2) is 30.3 Å². The zero-order valence-electron chi connectivity index (χ0n) is 17.0. The highest BCUT2D eigenvalue weighted by molar-refractivity contribution is 7.09. The van der Waals surface area contributed by atoms with E-state index in [1.165, 1.54) is 12.0 Å². The fourth-order valence-corrected chi connectivity index (χ4v) is 4.84. The van der Waals surface area contributed by atoms with Gasteiger partial charge in [-0.25, -0.2) is 0 Å². The average Bonchev–Trinajstić information content (AvgIpc) is 3.24. The highest BCUT2D eigenvalue weighted by atomic mass is 35.5. The van der Waals surface area contributed by atoms with Gasteiger partial charge in [0.1, 0.15) is 5.75 Å². The van der Waals surface area contributed by atoms with Crippen LogP contribution in [0, 0.1) is 6.92 Å². The van der Waals surface area contributed by atoms with Crippen molar-refractivity contribution in [2.75, 3.05) is 13.7 Å². The lowest BCUT2D eigenvalue weighted by Gasteiger charge is -2.18. The first kappa shape index (κ1) is 21.1. The molecule has 1 aromatic heterocycles. The van der Waals surface area contributed by atoms with E-state index < -0.39 is 0 Å². The van der Waals surface area contributed by atoms with Gasteiger partial charge in [0.2, 0.25) is 0 Å². The van der Waals surface area contributed by atoms with E-state index in [0.717, 1.165) is 25.1 Å². The molecule has 7 heteroatoms. The summed E-state index contributed by atoms with van der Waals surface area (Å²) in [6.45, 7) is 10.1. The summed E-state index contributed by atoms with van der Waals surface area (Å²) < 4.78 is 13.3. The number of benzene rings is 1. The number of carbonyl (C=O) groups excluding carboxylic acids is 1. The number of thiazole rings is 1. The third-order valence-corrected chi connectivity index (χ3v) is 6.68. The number of ether oxygens (including phenoxy) is 2. The number of rotatable bonds is 4. The lowest BCUT2D eigenvalue weighted by atomic mass is 9.93. The number of halogens is 1. The molecule has 1 aliphatic heterocycles. The van der Waals surface area contributed by atoms with Crippen LogP contribution in [0.15, 0.2) is 23.2 Å². The predicted molar refractivity (Wildman–Crippen MR) is 113 cm³/mol. The van der Waals surface area contributed by atoms with Crippen LogP contribution in [0.1, 0.15) is 54.5 Å². The summed E-state index contributed by atoms with van der Waals surface area (Å²) in [5.41, 5.74) is 1.47. The van der Waals surface area contributed by atoms with E-state index in [-0.39, 0.29) is 17.4 Å². The molecule has 1 aromatic carbocycles. The molecule has 0 radical (unpaired) electrons. The smallest absolute Gasteiger partial charge is 0.283 e. The van der Waals surface area contributed by atoms with Crippen molar-refractivity contribution in [2.45, 2.75) is 58.6 Å². The molecule has 1 amide bonds. The second kappa shape index (κ2) is 8.39.